The van der Waals surface area contributed by atoms with Crippen LogP contribution in [0.25, 0.3) is 0 Å². The van der Waals surface area contributed by atoms with Gasteiger partial charge in [0.2, 0.25) is 5.95 Å². The Balaban J connectivity index is 2.08. The number of imidazole rings is 1. The van der Waals surface area contributed by atoms with E-state index in [9.17, 15) is 0 Å². The molecule has 1 heterocycles. The summed E-state index contributed by atoms with van der Waals surface area (Å²) in [6.07, 6.45) is 4.98. The van der Waals surface area contributed by atoms with Gasteiger partial charge in [-0.3, -0.25) is 0 Å². The molecule has 17 heavy (non-hydrogen) atoms. The Morgan fingerprint density at radius 1 is 1.29 bits per heavy atom. The minimum atomic E-state index is 0.272. The number of hydrogen-bond donors (Lipinski definition) is 1. The zero-order chi connectivity index (χ0) is 12.1. The molecule has 90 valence electrons. The van der Waals surface area contributed by atoms with Gasteiger partial charge in [0.25, 0.3) is 0 Å². The van der Waals surface area contributed by atoms with E-state index in [2.05, 4.69) is 53.0 Å². The highest BCUT2D eigenvalue weighted by Gasteiger charge is 2.08. The van der Waals surface area contributed by atoms with Crippen molar-refractivity contribution in [3.8, 4) is 0 Å². The van der Waals surface area contributed by atoms with Gasteiger partial charge in [-0.2, -0.15) is 0 Å². The third-order valence-electron chi connectivity index (χ3n) is 2.83. The molecular weight excluding hydrogens is 210 g/mol. The summed E-state index contributed by atoms with van der Waals surface area (Å²) < 4.78 is 2.15. The van der Waals surface area contributed by atoms with Crippen molar-refractivity contribution < 1.29 is 0 Å². The minimum Gasteiger partial charge on any atom is -0.349 e. The van der Waals surface area contributed by atoms with Crippen LogP contribution in [0.2, 0.25) is 0 Å². The fourth-order valence-electron chi connectivity index (χ4n) is 1.89. The maximum absolute atomic E-state index is 4.35. The Kier molecular flexibility index (Phi) is 3.81. The van der Waals surface area contributed by atoms with Crippen molar-refractivity contribution in [2.24, 2.45) is 0 Å². The van der Waals surface area contributed by atoms with Crippen molar-refractivity contribution in [1.29, 1.82) is 0 Å². The van der Waals surface area contributed by atoms with Crippen molar-refractivity contribution in [1.82, 2.24) is 9.55 Å². The molecule has 0 amide bonds. The summed E-state index contributed by atoms with van der Waals surface area (Å²) in [6, 6.07) is 10.7. The summed E-state index contributed by atoms with van der Waals surface area (Å²) in [5.74, 6) is 0.947. The highest BCUT2D eigenvalue weighted by molar-refractivity contribution is 5.32. The zero-order valence-electron chi connectivity index (χ0n) is 10.4. The van der Waals surface area contributed by atoms with Gasteiger partial charge in [-0.1, -0.05) is 37.3 Å². The third kappa shape index (κ3) is 2.87. The van der Waals surface area contributed by atoms with Gasteiger partial charge in [-0.15, -0.1) is 0 Å². The number of anilines is 1. The average molecular weight is 229 g/mol. The van der Waals surface area contributed by atoms with Crippen molar-refractivity contribution in [2.75, 3.05) is 5.32 Å². The predicted molar refractivity (Wildman–Crippen MR) is 71.0 cm³/mol. The van der Waals surface area contributed by atoms with E-state index in [0.29, 0.717) is 0 Å². The molecule has 2 aromatic rings. The normalized spacial score (nSPS) is 12.4. The van der Waals surface area contributed by atoms with Crippen LogP contribution in [0.5, 0.6) is 0 Å². The first-order valence-corrected chi connectivity index (χ1v) is 6.14. The smallest absolute Gasteiger partial charge is 0.203 e. The SMILES string of the molecule is CCCn1ccnc1NC(C)c1ccccc1. The van der Waals surface area contributed by atoms with E-state index in [1.807, 2.05) is 18.5 Å². The number of aromatic nitrogens is 2. The Labute approximate surface area is 103 Å². The number of hydrogen-bond acceptors (Lipinski definition) is 2. The van der Waals surface area contributed by atoms with Crippen LogP contribution in [0.3, 0.4) is 0 Å². The van der Waals surface area contributed by atoms with E-state index in [4.69, 9.17) is 0 Å². The van der Waals surface area contributed by atoms with Crippen molar-refractivity contribution in [3.63, 3.8) is 0 Å². The van der Waals surface area contributed by atoms with Gasteiger partial charge in [0.05, 0.1) is 6.04 Å². The van der Waals surface area contributed by atoms with Crippen LogP contribution in [-0.2, 0) is 6.54 Å². The van der Waals surface area contributed by atoms with Crippen molar-refractivity contribution in [3.05, 3.63) is 48.3 Å². The molecule has 0 aliphatic carbocycles. The molecular formula is C14H19N3. The van der Waals surface area contributed by atoms with Crippen LogP contribution < -0.4 is 5.32 Å². The molecule has 0 aliphatic heterocycles. The van der Waals surface area contributed by atoms with Crippen molar-refractivity contribution >= 4 is 5.95 Å². The van der Waals surface area contributed by atoms with E-state index < -0.39 is 0 Å². The average Bonchev–Trinajstić information content (AvgIpc) is 2.78. The molecule has 0 spiro atoms. The molecule has 1 aromatic carbocycles. The van der Waals surface area contributed by atoms with E-state index in [1.165, 1.54) is 5.56 Å². The molecule has 0 bridgehead atoms. The standard InChI is InChI=1S/C14H19N3/c1-3-10-17-11-9-15-14(17)16-12(2)13-7-5-4-6-8-13/h4-9,11-12H,3,10H2,1-2H3,(H,15,16). The molecule has 0 saturated heterocycles. The second-order valence-corrected chi connectivity index (χ2v) is 4.22. The van der Waals surface area contributed by atoms with Gasteiger partial charge in [0.15, 0.2) is 0 Å². The second-order valence-electron chi connectivity index (χ2n) is 4.22. The van der Waals surface area contributed by atoms with Gasteiger partial charge in [-0.05, 0) is 18.9 Å². The highest BCUT2D eigenvalue weighted by atomic mass is 15.2. The van der Waals surface area contributed by atoms with E-state index >= 15 is 0 Å². The van der Waals surface area contributed by atoms with Gasteiger partial charge in [0, 0.05) is 18.9 Å². The molecule has 3 heteroatoms. The molecule has 1 unspecified atom stereocenters. The number of nitrogens with zero attached hydrogens (tertiary/aromatic N) is 2. The molecule has 1 atom stereocenters. The summed E-state index contributed by atoms with van der Waals surface area (Å²) in [6.45, 7) is 5.33. The number of benzene rings is 1. The molecule has 3 nitrogen and oxygen atoms in total. The van der Waals surface area contributed by atoms with Gasteiger partial charge >= 0.3 is 0 Å². The van der Waals surface area contributed by atoms with Gasteiger partial charge in [-0.25, -0.2) is 4.98 Å². The topological polar surface area (TPSA) is 29.9 Å². The molecule has 2 rings (SSSR count). The van der Waals surface area contributed by atoms with E-state index in [0.717, 1.165) is 18.9 Å². The van der Waals surface area contributed by atoms with E-state index in [1.54, 1.807) is 0 Å². The maximum atomic E-state index is 4.35. The Morgan fingerprint density at radius 2 is 2.06 bits per heavy atom. The molecule has 0 radical (unpaired) electrons. The van der Waals surface area contributed by atoms with E-state index in [-0.39, 0.29) is 6.04 Å². The highest BCUT2D eigenvalue weighted by Crippen LogP contribution is 2.17. The molecule has 1 N–H and O–H groups in total. The third-order valence-corrected chi connectivity index (χ3v) is 2.83. The fourth-order valence-corrected chi connectivity index (χ4v) is 1.89. The Bertz CT molecular complexity index is 448. The summed E-state index contributed by atoms with van der Waals surface area (Å²) >= 11 is 0. The number of nitrogens with one attached hydrogen (secondary N) is 1. The summed E-state index contributed by atoms with van der Waals surface area (Å²) in [5, 5.41) is 3.44. The molecule has 1 aromatic heterocycles. The van der Waals surface area contributed by atoms with Crippen LogP contribution in [0.4, 0.5) is 5.95 Å². The monoisotopic (exact) mass is 229 g/mol. The van der Waals surface area contributed by atoms with Crippen LogP contribution in [0, 0.1) is 0 Å². The minimum absolute atomic E-state index is 0.272. The number of rotatable bonds is 5. The lowest BCUT2D eigenvalue weighted by atomic mass is 10.1. The van der Waals surface area contributed by atoms with Gasteiger partial charge in [0.1, 0.15) is 0 Å². The fraction of sp³-hybridized carbons (Fsp3) is 0.357. The number of aryl methyl sites for hydroxylation is 1. The lowest BCUT2D eigenvalue weighted by Gasteiger charge is -2.16. The summed E-state index contributed by atoms with van der Waals surface area (Å²) in [4.78, 5) is 4.35. The van der Waals surface area contributed by atoms with Crippen LogP contribution in [-0.4, -0.2) is 9.55 Å². The predicted octanol–water partition coefficient (Wildman–Crippen LogP) is 3.47. The summed E-state index contributed by atoms with van der Waals surface area (Å²) in [5.41, 5.74) is 1.28. The Morgan fingerprint density at radius 3 is 2.76 bits per heavy atom. The van der Waals surface area contributed by atoms with Crippen LogP contribution >= 0.6 is 0 Å². The summed E-state index contributed by atoms with van der Waals surface area (Å²) in [7, 11) is 0. The van der Waals surface area contributed by atoms with Crippen molar-refractivity contribution in [2.45, 2.75) is 32.9 Å². The zero-order valence-corrected chi connectivity index (χ0v) is 10.4. The molecule has 0 aliphatic rings. The van der Waals surface area contributed by atoms with Crippen LogP contribution in [0.1, 0.15) is 31.9 Å². The molecule has 0 saturated carbocycles. The first-order chi connectivity index (χ1) is 8.31. The van der Waals surface area contributed by atoms with Crippen LogP contribution in [0.15, 0.2) is 42.7 Å². The Hall–Kier alpha value is -1.77. The van der Waals surface area contributed by atoms with Gasteiger partial charge < -0.3 is 9.88 Å². The largest absolute Gasteiger partial charge is 0.349 e. The lowest BCUT2D eigenvalue weighted by molar-refractivity contribution is 0.674. The first-order valence-electron chi connectivity index (χ1n) is 6.14. The second kappa shape index (κ2) is 5.53. The quantitative estimate of drug-likeness (QED) is 0.850. The first kappa shape index (κ1) is 11.7. The lowest BCUT2D eigenvalue weighted by Crippen LogP contribution is -2.11. The maximum Gasteiger partial charge on any atom is 0.203 e. The molecule has 0 fully saturated rings.